The Kier molecular flexibility index (Phi) is 10.1. The average Bonchev–Trinajstić information content (AvgIpc) is 2.76. The molecular formula is C26H39N3O4. The van der Waals surface area contributed by atoms with Crippen LogP contribution in [0.5, 0.6) is 11.5 Å². The topological polar surface area (TPSA) is 108 Å². The zero-order valence-corrected chi connectivity index (χ0v) is 20.5. The fourth-order valence-corrected chi connectivity index (χ4v) is 3.74. The van der Waals surface area contributed by atoms with E-state index in [-0.39, 0.29) is 18.3 Å². The standard InChI is InChI=1S/C26H39N3O4/c1-19(2)8-5-12-26(4)13-11-22-23(33-26)10-9-21(20(3)30)25(22)32-18-24(31)29(16-6-14-27)17-7-15-28/h8-11,13H,5-7,12,14-18,27-28H2,1-4H3. The van der Waals surface area contributed by atoms with Crippen molar-refractivity contribution in [3.63, 3.8) is 0 Å². The highest BCUT2D eigenvalue weighted by atomic mass is 16.5. The quantitative estimate of drug-likeness (QED) is 0.345. The van der Waals surface area contributed by atoms with Crippen molar-refractivity contribution in [3.05, 3.63) is 41.0 Å². The number of nitrogens with two attached hydrogens (primary N) is 2. The van der Waals surface area contributed by atoms with Crippen molar-refractivity contribution in [2.24, 2.45) is 11.5 Å². The molecule has 7 heteroatoms. The number of ketones is 1. The van der Waals surface area contributed by atoms with Gasteiger partial charge in [-0.2, -0.15) is 0 Å². The SMILES string of the molecule is CC(=O)c1ccc2c(c1OCC(=O)N(CCCN)CCCN)C=CC(C)(CCC=C(C)C)O2. The molecule has 1 heterocycles. The van der Waals surface area contributed by atoms with Gasteiger partial charge in [0.15, 0.2) is 12.4 Å². The number of benzene rings is 1. The molecule has 0 bridgehead atoms. The second-order valence-electron chi connectivity index (χ2n) is 8.93. The van der Waals surface area contributed by atoms with Gasteiger partial charge in [0.2, 0.25) is 0 Å². The summed E-state index contributed by atoms with van der Waals surface area (Å²) in [7, 11) is 0. The Morgan fingerprint density at radius 1 is 1.12 bits per heavy atom. The van der Waals surface area contributed by atoms with Crippen LogP contribution in [-0.2, 0) is 4.79 Å². The number of Topliss-reactive ketones (excluding diaryl/α,β-unsaturated/α-hetero) is 1. The molecule has 7 nitrogen and oxygen atoms in total. The molecule has 2 rings (SSSR count). The molecule has 1 amide bonds. The Bertz CT molecular complexity index is 882. The molecule has 0 radical (unpaired) electrons. The largest absolute Gasteiger partial charge is 0.483 e. The second kappa shape index (κ2) is 12.6. The van der Waals surface area contributed by atoms with Crippen LogP contribution in [0.15, 0.2) is 29.9 Å². The van der Waals surface area contributed by atoms with Gasteiger partial charge in [0.05, 0.1) is 11.1 Å². The molecule has 1 unspecified atom stereocenters. The van der Waals surface area contributed by atoms with Gasteiger partial charge in [0, 0.05) is 13.1 Å². The van der Waals surface area contributed by atoms with Crippen LogP contribution in [0, 0.1) is 0 Å². The van der Waals surface area contributed by atoms with Crippen molar-refractivity contribution in [1.29, 1.82) is 0 Å². The van der Waals surface area contributed by atoms with Crippen LogP contribution in [0.1, 0.15) is 69.3 Å². The maximum Gasteiger partial charge on any atom is 0.260 e. The number of ether oxygens (including phenoxy) is 2. The van der Waals surface area contributed by atoms with Crippen molar-refractivity contribution < 1.29 is 19.1 Å². The molecule has 1 atom stereocenters. The zero-order chi connectivity index (χ0) is 24.4. The Labute approximate surface area is 197 Å². The highest BCUT2D eigenvalue weighted by molar-refractivity contribution is 5.99. The fraction of sp³-hybridized carbons (Fsp3) is 0.538. The number of carbonyl (C=O) groups is 2. The van der Waals surface area contributed by atoms with E-state index in [1.165, 1.54) is 12.5 Å². The van der Waals surface area contributed by atoms with Gasteiger partial charge in [-0.05, 0) is 90.8 Å². The average molecular weight is 458 g/mol. The summed E-state index contributed by atoms with van der Waals surface area (Å²) >= 11 is 0. The number of hydrogen-bond donors (Lipinski definition) is 2. The van der Waals surface area contributed by atoms with Crippen molar-refractivity contribution in [2.75, 3.05) is 32.8 Å². The summed E-state index contributed by atoms with van der Waals surface area (Å²) in [5.41, 5.74) is 13.2. The molecule has 0 aliphatic carbocycles. The van der Waals surface area contributed by atoms with Crippen LogP contribution in [0.4, 0.5) is 0 Å². The van der Waals surface area contributed by atoms with Gasteiger partial charge in [0.1, 0.15) is 17.1 Å². The van der Waals surface area contributed by atoms with E-state index in [1.807, 2.05) is 19.1 Å². The molecule has 1 aromatic carbocycles. The Morgan fingerprint density at radius 3 is 2.36 bits per heavy atom. The Morgan fingerprint density at radius 2 is 1.79 bits per heavy atom. The van der Waals surface area contributed by atoms with E-state index in [1.54, 1.807) is 17.0 Å². The van der Waals surface area contributed by atoms with Crippen LogP contribution in [-0.4, -0.2) is 55.0 Å². The third-order valence-corrected chi connectivity index (χ3v) is 5.63. The molecule has 182 valence electrons. The third-order valence-electron chi connectivity index (χ3n) is 5.63. The number of fused-ring (bicyclic) bond motifs is 1. The van der Waals surface area contributed by atoms with Gasteiger partial charge >= 0.3 is 0 Å². The second-order valence-corrected chi connectivity index (χ2v) is 8.93. The molecular weight excluding hydrogens is 418 g/mol. The first-order chi connectivity index (χ1) is 15.7. The fourth-order valence-electron chi connectivity index (χ4n) is 3.74. The van der Waals surface area contributed by atoms with E-state index in [9.17, 15) is 9.59 Å². The van der Waals surface area contributed by atoms with Gasteiger partial charge in [0.25, 0.3) is 5.91 Å². The predicted molar refractivity (Wildman–Crippen MR) is 133 cm³/mol. The van der Waals surface area contributed by atoms with E-state index in [4.69, 9.17) is 20.9 Å². The molecule has 1 aliphatic rings. The number of rotatable bonds is 13. The maximum atomic E-state index is 12.8. The summed E-state index contributed by atoms with van der Waals surface area (Å²) in [5.74, 6) is 0.742. The summed E-state index contributed by atoms with van der Waals surface area (Å²) in [4.78, 5) is 26.8. The number of allylic oxidation sites excluding steroid dienone is 2. The molecule has 1 aromatic rings. The van der Waals surface area contributed by atoms with Crippen molar-refractivity contribution >= 4 is 17.8 Å². The first kappa shape index (κ1) is 26.6. The molecule has 0 spiro atoms. The minimum atomic E-state index is -0.453. The van der Waals surface area contributed by atoms with Gasteiger partial charge in [-0.15, -0.1) is 0 Å². The number of amides is 1. The molecule has 0 fully saturated rings. The van der Waals surface area contributed by atoms with Gasteiger partial charge in [-0.1, -0.05) is 11.6 Å². The lowest BCUT2D eigenvalue weighted by atomic mass is 9.93. The minimum Gasteiger partial charge on any atom is -0.483 e. The lowest BCUT2D eigenvalue weighted by Gasteiger charge is -2.32. The van der Waals surface area contributed by atoms with Crippen LogP contribution in [0.3, 0.4) is 0 Å². The molecule has 1 aliphatic heterocycles. The highest BCUT2D eigenvalue weighted by Crippen LogP contribution is 2.40. The third kappa shape index (κ3) is 7.72. The minimum absolute atomic E-state index is 0.131. The molecule has 0 aromatic heterocycles. The smallest absolute Gasteiger partial charge is 0.260 e. The van der Waals surface area contributed by atoms with Crippen molar-refractivity contribution in [2.45, 2.75) is 59.0 Å². The summed E-state index contributed by atoms with van der Waals surface area (Å²) < 4.78 is 12.3. The Hall–Kier alpha value is -2.64. The first-order valence-corrected chi connectivity index (χ1v) is 11.7. The normalized spacial score (nSPS) is 16.5. The van der Waals surface area contributed by atoms with Crippen LogP contribution >= 0.6 is 0 Å². The molecule has 4 N–H and O–H groups in total. The molecule has 33 heavy (non-hydrogen) atoms. The lowest BCUT2D eigenvalue weighted by molar-refractivity contribution is -0.133. The monoisotopic (exact) mass is 457 g/mol. The van der Waals surface area contributed by atoms with Crippen molar-refractivity contribution in [3.8, 4) is 11.5 Å². The lowest BCUT2D eigenvalue weighted by Crippen LogP contribution is -2.38. The van der Waals surface area contributed by atoms with Crippen LogP contribution < -0.4 is 20.9 Å². The van der Waals surface area contributed by atoms with E-state index in [0.717, 1.165) is 12.8 Å². The van der Waals surface area contributed by atoms with E-state index in [0.29, 0.717) is 61.6 Å². The highest BCUT2D eigenvalue weighted by Gasteiger charge is 2.30. The van der Waals surface area contributed by atoms with Gasteiger partial charge in [-0.25, -0.2) is 0 Å². The predicted octanol–water partition coefficient (Wildman–Crippen LogP) is 3.70. The Balaban J connectivity index is 2.23. The maximum absolute atomic E-state index is 12.8. The summed E-state index contributed by atoms with van der Waals surface area (Å²) in [6.07, 6.45) is 9.28. The molecule has 0 saturated carbocycles. The van der Waals surface area contributed by atoms with Crippen LogP contribution in [0.25, 0.3) is 6.08 Å². The van der Waals surface area contributed by atoms with E-state index in [2.05, 4.69) is 19.9 Å². The van der Waals surface area contributed by atoms with Gasteiger partial charge in [-0.3, -0.25) is 9.59 Å². The van der Waals surface area contributed by atoms with Crippen LogP contribution in [0.2, 0.25) is 0 Å². The number of nitrogens with zero attached hydrogens (tertiary/aromatic N) is 1. The summed E-state index contributed by atoms with van der Waals surface area (Å²) in [6, 6.07) is 3.51. The van der Waals surface area contributed by atoms with E-state index >= 15 is 0 Å². The van der Waals surface area contributed by atoms with Gasteiger partial charge < -0.3 is 25.8 Å². The zero-order valence-electron chi connectivity index (χ0n) is 20.5. The summed E-state index contributed by atoms with van der Waals surface area (Å²) in [6.45, 7) is 9.63. The first-order valence-electron chi connectivity index (χ1n) is 11.7. The summed E-state index contributed by atoms with van der Waals surface area (Å²) in [5, 5.41) is 0. The van der Waals surface area contributed by atoms with Crippen molar-refractivity contribution in [1.82, 2.24) is 4.90 Å². The van der Waals surface area contributed by atoms with E-state index < -0.39 is 5.60 Å². The number of carbonyl (C=O) groups excluding carboxylic acids is 2. The molecule has 0 saturated heterocycles. The number of hydrogen-bond acceptors (Lipinski definition) is 6.